The minimum absolute atomic E-state index is 0.0958. The molecule has 0 bridgehead atoms. The van der Waals surface area contributed by atoms with Gasteiger partial charge < -0.3 is 10.2 Å². The number of anilines is 1. The van der Waals surface area contributed by atoms with Crippen LogP contribution in [0.4, 0.5) is 5.69 Å². The first-order valence-corrected chi connectivity index (χ1v) is 9.36. The molecule has 26 heavy (non-hydrogen) atoms. The molecule has 1 N–H and O–H groups in total. The minimum Gasteiger partial charge on any atom is -0.355 e. The molecule has 1 aliphatic rings. The molecule has 136 valence electrons. The number of benzene rings is 2. The molecule has 2 aromatic carbocycles. The highest BCUT2D eigenvalue weighted by Gasteiger charge is 2.58. The van der Waals surface area contributed by atoms with Gasteiger partial charge in [-0.3, -0.25) is 9.59 Å². The molecule has 2 aromatic rings. The first-order chi connectivity index (χ1) is 12.7. The number of hydrogen-bond acceptors (Lipinski definition) is 2. The van der Waals surface area contributed by atoms with Crippen molar-refractivity contribution in [2.24, 2.45) is 5.41 Å². The number of nitrogens with zero attached hydrogens (tertiary/aromatic N) is 1. The van der Waals surface area contributed by atoms with Crippen LogP contribution in [0.3, 0.4) is 0 Å². The average molecular weight is 350 g/mol. The lowest BCUT2D eigenvalue weighted by atomic mass is 10.0. The Balaban J connectivity index is 1.82. The molecule has 0 atom stereocenters. The molecular formula is C22H26N2O2. The van der Waals surface area contributed by atoms with Gasteiger partial charge >= 0.3 is 0 Å². The van der Waals surface area contributed by atoms with E-state index in [9.17, 15) is 9.59 Å². The van der Waals surface area contributed by atoms with Crippen LogP contribution in [0.15, 0.2) is 60.7 Å². The first kappa shape index (κ1) is 18.2. The van der Waals surface area contributed by atoms with Gasteiger partial charge in [0.25, 0.3) is 0 Å². The minimum atomic E-state index is -0.891. The van der Waals surface area contributed by atoms with Gasteiger partial charge in [0, 0.05) is 12.2 Å². The van der Waals surface area contributed by atoms with Crippen LogP contribution in [0.25, 0.3) is 0 Å². The molecule has 4 nitrogen and oxygen atoms in total. The molecular weight excluding hydrogens is 324 g/mol. The molecule has 0 spiro atoms. The lowest BCUT2D eigenvalue weighted by Gasteiger charge is -2.27. The Hall–Kier alpha value is -2.62. The molecule has 0 radical (unpaired) electrons. The predicted octanol–water partition coefficient (Wildman–Crippen LogP) is 3.92. The van der Waals surface area contributed by atoms with E-state index >= 15 is 0 Å². The van der Waals surface area contributed by atoms with Gasteiger partial charge in [0.05, 0.1) is 6.54 Å². The molecule has 4 heteroatoms. The third-order valence-corrected chi connectivity index (χ3v) is 4.91. The van der Waals surface area contributed by atoms with E-state index < -0.39 is 5.41 Å². The first-order valence-electron chi connectivity index (χ1n) is 9.36. The topological polar surface area (TPSA) is 49.4 Å². The van der Waals surface area contributed by atoms with Crippen LogP contribution in [-0.2, 0) is 16.1 Å². The summed E-state index contributed by atoms with van der Waals surface area (Å²) in [5.74, 6) is -0.216. The van der Waals surface area contributed by atoms with Crippen LogP contribution in [0.5, 0.6) is 0 Å². The van der Waals surface area contributed by atoms with Gasteiger partial charge in [0.2, 0.25) is 11.8 Å². The molecule has 0 heterocycles. The summed E-state index contributed by atoms with van der Waals surface area (Å²) in [6, 6.07) is 19.5. The fourth-order valence-corrected chi connectivity index (χ4v) is 3.12. The SMILES string of the molecule is CCCCNC(=O)C1(C(=O)N(Cc2ccccc2)c2ccccc2)CC1. The Morgan fingerprint density at radius 1 is 1.00 bits per heavy atom. The predicted molar refractivity (Wildman–Crippen MR) is 104 cm³/mol. The van der Waals surface area contributed by atoms with E-state index in [1.165, 1.54) is 0 Å². The van der Waals surface area contributed by atoms with Crippen molar-refractivity contribution in [3.05, 3.63) is 66.2 Å². The number of unbranched alkanes of at least 4 members (excludes halogenated alkanes) is 1. The third kappa shape index (κ3) is 3.96. The number of hydrogen-bond donors (Lipinski definition) is 1. The van der Waals surface area contributed by atoms with Crippen LogP contribution < -0.4 is 10.2 Å². The van der Waals surface area contributed by atoms with Crippen molar-refractivity contribution in [2.45, 2.75) is 39.2 Å². The van der Waals surface area contributed by atoms with Gasteiger partial charge in [0.15, 0.2) is 0 Å². The maximum absolute atomic E-state index is 13.4. The second-order valence-electron chi connectivity index (χ2n) is 6.90. The summed E-state index contributed by atoms with van der Waals surface area (Å²) in [5.41, 5.74) is 0.985. The van der Waals surface area contributed by atoms with Gasteiger partial charge in [-0.15, -0.1) is 0 Å². The van der Waals surface area contributed by atoms with Gasteiger partial charge in [-0.05, 0) is 37.0 Å². The smallest absolute Gasteiger partial charge is 0.242 e. The Kier molecular flexibility index (Phi) is 5.71. The Labute approximate surface area is 155 Å². The van der Waals surface area contributed by atoms with Gasteiger partial charge in [-0.1, -0.05) is 61.9 Å². The Morgan fingerprint density at radius 2 is 1.62 bits per heavy atom. The molecule has 0 aromatic heterocycles. The molecule has 2 amide bonds. The normalized spacial score (nSPS) is 14.5. The zero-order valence-corrected chi connectivity index (χ0v) is 15.3. The van der Waals surface area contributed by atoms with Gasteiger partial charge in [0.1, 0.15) is 5.41 Å². The number of rotatable bonds is 8. The lowest BCUT2D eigenvalue weighted by Crippen LogP contribution is -2.45. The van der Waals surface area contributed by atoms with Crippen LogP contribution in [0.1, 0.15) is 38.2 Å². The van der Waals surface area contributed by atoms with Crippen molar-refractivity contribution >= 4 is 17.5 Å². The van der Waals surface area contributed by atoms with Crippen LogP contribution >= 0.6 is 0 Å². The van der Waals surface area contributed by atoms with E-state index in [-0.39, 0.29) is 11.8 Å². The molecule has 1 aliphatic carbocycles. The van der Waals surface area contributed by atoms with Crippen molar-refractivity contribution in [1.82, 2.24) is 5.32 Å². The standard InChI is InChI=1S/C22H26N2O2/c1-2-3-16-23-20(25)22(14-15-22)21(26)24(19-12-8-5-9-13-19)17-18-10-6-4-7-11-18/h4-13H,2-3,14-17H2,1H3,(H,23,25). The molecule has 3 rings (SSSR count). The summed E-state index contributed by atoms with van der Waals surface area (Å²) >= 11 is 0. The Bertz CT molecular complexity index is 739. The highest BCUT2D eigenvalue weighted by molar-refractivity contribution is 6.14. The fourth-order valence-electron chi connectivity index (χ4n) is 3.12. The number of carbonyl (C=O) groups excluding carboxylic acids is 2. The summed E-state index contributed by atoms with van der Waals surface area (Å²) < 4.78 is 0. The van der Waals surface area contributed by atoms with Crippen molar-refractivity contribution in [3.8, 4) is 0 Å². The fraction of sp³-hybridized carbons (Fsp3) is 0.364. The van der Waals surface area contributed by atoms with Crippen molar-refractivity contribution in [2.75, 3.05) is 11.4 Å². The highest BCUT2D eigenvalue weighted by atomic mass is 16.2. The third-order valence-electron chi connectivity index (χ3n) is 4.91. The number of amides is 2. The van der Waals surface area contributed by atoms with E-state index in [1.807, 2.05) is 60.7 Å². The summed E-state index contributed by atoms with van der Waals surface area (Å²) in [6.45, 7) is 3.18. The maximum atomic E-state index is 13.4. The summed E-state index contributed by atoms with van der Waals surface area (Å²) in [4.78, 5) is 27.8. The van der Waals surface area contributed by atoms with Gasteiger partial charge in [-0.2, -0.15) is 0 Å². The molecule has 1 fully saturated rings. The monoisotopic (exact) mass is 350 g/mol. The highest BCUT2D eigenvalue weighted by Crippen LogP contribution is 2.48. The van der Waals surface area contributed by atoms with Crippen molar-refractivity contribution in [3.63, 3.8) is 0 Å². The average Bonchev–Trinajstić information content (AvgIpc) is 3.49. The molecule has 0 saturated heterocycles. The van der Waals surface area contributed by atoms with Crippen LogP contribution in [0, 0.1) is 5.41 Å². The summed E-state index contributed by atoms with van der Waals surface area (Å²) in [7, 11) is 0. The van der Waals surface area contributed by atoms with Crippen molar-refractivity contribution in [1.29, 1.82) is 0 Å². The van der Waals surface area contributed by atoms with E-state index in [1.54, 1.807) is 4.90 Å². The summed E-state index contributed by atoms with van der Waals surface area (Å²) in [6.07, 6.45) is 3.21. The molecule has 1 saturated carbocycles. The van der Waals surface area contributed by atoms with Crippen LogP contribution in [-0.4, -0.2) is 18.4 Å². The lowest BCUT2D eigenvalue weighted by molar-refractivity contribution is -0.135. The number of para-hydroxylation sites is 1. The largest absolute Gasteiger partial charge is 0.355 e. The molecule has 0 unspecified atom stereocenters. The van der Waals surface area contributed by atoms with Gasteiger partial charge in [-0.25, -0.2) is 0 Å². The number of nitrogens with one attached hydrogen (secondary N) is 1. The Morgan fingerprint density at radius 3 is 2.19 bits per heavy atom. The second kappa shape index (κ2) is 8.17. The van der Waals surface area contributed by atoms with Crippen LogP contribution in [0.2, 0.25) is 0 Å². The maximum Gasteiger partial charge on any atom is 0.242 e. The second-order valence-corrected chi connectivity index (χ2v) is 6.90. The van der Waals surface area contributed by atoms with E-state index in [0.29, 0.717) is 25.9 Å². The van der Waals surface area contributed by atoms with E-state index in [0.717, 1.165) is 24.1 Å². The molecule has 0 aliphatic heterocycles. The van der Waals surface area contributed by atoms with Crippen molar-refractivity contribution < 1.29 is 9.59 Å². The zero-order valence-electron chi connectivity index (χ0n) is 15.3. The quantitative estimate of drug-likeness (QED) is 0.579. The van der Waals surface area contributed by atoms with E-state index in [2.05, 4.69) is 12.2 Å². The van der Waals surface area contributed by atoms with E-state index in [4.69, 9.17) is 0 Å². The number of carbonyl (C=O) groups is 2. The zero-order chi connectivity index (χ0) is 18.4. The summed E-state index contributed by atoms with van der Waals surface area (Å²) in [5, 5.41) is 2.95.